The Morgan fingerprint density at radius 3 is 2.48 bits per heavy atom. The maximum absolute atomic E-state index is 12.0. The van der Waals surface area contributed by atoms with Crippen LogP contribution in [0.25, 0.3) is 0 Å². The summed E-state index contributed by atoms with van der Waals surface area (Å²) in [5.41, 5.74) is 2.00. The topological polar surface area (TPSA) is 97.6 Å². The molecule has 0 aliphatic carbocycles. The molecule has 3 rings (SSSR count). The average Bonchev–Trinajstić information content (AvgIpc) is 3.26. The first-order valence-corrected chi connectivity index (χ1v) is 8.95. The summed E-state index contributed by atoms with van der Waals surface area (Å²) in [6, 6.07) is 17.0. The Kier molecular flexibility index (Phi) is 6.42. The minimum atomic E-state index is -0.347. The van der Waals surface area contributed by atoms with Gasteiger partial charge < -0.3 is 19.8 Å². The lowest BCUT2D eigenvalue weighted by Gasteiger charge is -2.09. The van der Waals surface area contributed by atoms with Crippen LogP contribution in [0.5, 0.6) is 5.75 Å². The molecule has 0 fully saturated rings. The molecule has 3 aromatic rings. The molecule has 0 atom stereocenters. The molecule has 0 spiro atoms. The van der Waals surface area contributed by atoms with Crippen molar-refractivity contribution in [2.75, 3.05) is 11.9 Å². The Hall–Kier alpha value is -3.87. The Balaban J connectivity index is 1.47. The summed E-state index contributed by atoms with van der Waals surface area (Å²) < 4.78 is 10.5. The van der Waals surface area contributed by atoms with E-state index >= 15 is 0 Å². The van der Waals surface area contributed by atoms with Gasteiger partial charge in [0.1, 0.15) is 5.75 Å². The van der Waals surface area contributed by atoms with Crippen LogP contribution in [0.4, 0.5) is 5.69 Å². The lowest BCUT2D eigenvalue weighted by Crippen LogP contribution is -2.28. The summed E-state index contributed by atoms with van der Waals surface area (Å²) in [6.07, 6.45) is 1.43. The molecule has 0 bridgehead atoms. The second-order valence-electron chi connectivity index (χ2n) is 6.28. The zero-order valence-electron chi connectivity index (χ0n) is 15.8. The van der Waals surface area contributed by atoms with Crippen LogP contribution in [0.2, 0.25) is 0 Å². The molecule has 0 aliphatic rings. The Bertz CT molecular complexity index is 994. The van der Waals surface area contributed by atoms with Gasteiger partial charge in [-0.25, -0.2) is 0 Å². The average molecular weight is 392 g/mol. The highest BCUT2D eigenvalue weighted by atomic mass is 16.5. The number of carbonyl (C=O) groups excluding carboxylic acids is 3. The van der Waals surface area contributed by atoms with E-state index in [1.165, 1.54) is 13.2 Å². The van der Waals surface area contributed by atoms with Crippen molar-refractivity contribution in [3.8, 4) is 5.75 Å². The van der Waals surface area contributed by atoms with Gasteiger partial charge in [-0.05, 0) is 61.0 Å². The van der Waals surface area contributed by atoms with Crippen molar-refractivity contribution in [1.82, 2.24) is 5.32 Å². The summed E-state index contributed by atoms with van der Waals surface area (Å²) in [7, 11) is 0. The van der Waals surface area contributed by atoms with E-state index in [2.05, 4.69) is 10.6 Å². The first-order chi connectivity index (χ1) is 14.0. The number of hydrogen-bond acceptors (Lipinski definition) is 5. The van der Waals surface area contributed by atoms with Crippen molar-refractivity contribution in [2.45, 2.75) is 13.5 Å². The highest BCUT2D eigenvalue weighted by molar-refractivity contribution is 6.02. The van der Waals surface area contributed by atoms with Crippen molar-refractivity contribution >= 4 is 23.3 Å². The lowest BCUT2D eigenvalue weighted by molar-refractivity contribution is -0.123. The number of rotatable bonds is 8. The van der Waals surface area contributed by atoms with Gasteiger partial charge in [-0.3, -0.25) is 14.4 Å². The van der Waals surface area contributed by atoms with Crippen LogP contribution in [0.15, 0.2) is 71.3 Å². The molecular weight excluding hydrogens is 372 g/mol. The molecule has 2 aromatic carbocycles. The summed E-state index contributed by atoms with van der Waals surface area (Å²) in [5.74, 6) is 0.0629. The van der Waals surface area contributed by atoms with Crippen LogP contribution < -0.4 is 15.4 Å². The molecule has 0 aliphatic heterocycles. The van der Waals surface area contributed by atoms with Crippen LogP contribution >= 0.6 is 0 Å². The van der Waals surface area contributed by atoms with Gasteiger partial charge in [0.25, 0.3) is 11.8 Å². The van der Waals surface area contributed by atoms with E-state index in [0.717, 1.165) is 5.56 Å². The second-order valence-corrected chi connectivity index (χ2v) is 6.28. The molecule has 29 heavy (non-hydrogen) atoms. The number of carbonyl (C=O) groups is 3. The number of ketones is 1. The van der Waals surface area contributed by atoms with Gasteiger partial charge >= 0.3 is 0 Å². The van der Waals surface area contributed by atoms with E-state index in [9.17, 15) is 14.4 Å². The first kappa shape index (κ1) is 19.9. The number of Topliss-reactive ketones (excluding diaryl/α,β-unsaturated/α-hetero) is 1. The molecule has 1 aromatic heterocycles. The summed E-state index contributed by atoms with van der Waals surface area (Å²) in [6.45, 7) is 1.63. The number of anilines is 1. The Morgan fingerprint density at radius 2 is 1.79 bits per heavy atom. The number of amides is 2. The van der Waals surface area contributed by atoms with Crippen molar-refractivity contribution in [3.05, 3.63) is 83.8 Å². The molecular formula is C22H20N2O5. The van der Waals surface area contributed by atoms with Gasteiger partial charge in [-0.1, -0.05) is 12.1 Å². The van der Waals surface area contributed by atoms with Crippen molar-refractivity contribution < 1.29 is 23.5 Å². The number of benzene rings is 2. The van der Waals surface area contributed by atoms with Gasteiger partial charge in [0.15, 0.2) is 18.2 Å². The van der Waals surface area contributed by atoms with E-state index in [-0.39, 0.29) is 36.5 Å². The molecule has 0 radical (unpaired) electrons. The fraction of sp³-hybridized carbons (Fsp3) is 0.136. The third-order valence-corrected chi connectivity index (χ3v) is 4.05. The molecule has 7 heteroatoms. The van der Waals surface area contributed by atoms with Gasteiger partial charge in [0, 0.05) is 17.8 Å². The maximum Gasteiger partial charge on any atom is 0.291 e. The van der Waals surface area contributed by atoms with E-state index in [1.807, 2.05) is 6.07 Å². The Labute approximate surface area is 167 Å². The summed E-state index contributed by atoms with van der Waals surface area (Å²) in [4.78, 5) is 35.3. The number of ether oxygens (including phenoxy) is 1. The number of furan rings is 1. The van der Waals surface area contributed by atoms with Gasteiger partial charge in [0.05, 0.1) is 6.26 Å². The molecule has 148 valence electrons. The SMILES string of the molecule is CC(=O)c1ccc(OCC(=O)NCc2cccc(NC(=O)c3ccco3)c2)cc1. The molecule has 0 saturated carbocycles. The quantitative estimate of drug-likeness (QED) is 0.573. The summed E-state index contributed by atoms with van der Waals surface area (Å²) >= 11 is 0. The maximum atomic E-state index is 12.0. The van der Waals surface area contributed by atoms with E-state index < -0.39 is 0 Å². The zero-order valence-corrected chi connectivity index (χ0v) is 15.8. The third kappa shape index (κ3) is 5.80. The zero-order chi connectivity index (χ0) is 20.6. The Morgan fingerprint density at radius 1 is 1.00 bits per heavy atom. The number of hydrogen-bond donors (Lipinski definition) is 2. The molecule has 2 amide bonds. The molecule has 2 N–H and O–H groups in total. The van der Waals surface area contributed by atoms with Crippen LogP contribution in [-0.2, 0) is 11.3 Å². The fourth-order valence-electron chi connectivity index (χ4n) is 2.55. The highest BCUT2D eigenvalue weighted by Gasteiger charge is 2.09. The smallest absolute Gasteiger partial charge is 0.291 e. The largest absolute Gasteiger partial charge is 0.484 e. The fourth-order valence-corrected chi connectivity index (χ4v) is 2.55. The van der Waals surface area contributed by atoms with Crippen LogP contribution in [0, 0.1) is 0 Å². The predicted octanol–water partition coefficient (Wildman–Crippen LogP) is 3.43. The highest BCUT2D eigenvalue weighted by Crippen LogP contribution is 2.14. The van der Waals surface area contributed by atoms with Crippen LogP contribution in [0.3, 0.4) is 0 Å². The molecule has 0 unspecified atom stereocenters. The molecule has 0 saturated heterocycles. The molecule has 7 nitrogen and oxygen atoms in total. The van der Waals surface area contributed by atoms with Crippen molar-refractivity contribution in [2.24, 2.45) is 0 Å². The summed E-state index contributed by atoms with van der Waals surface area (Å²) in [5, 5.41) is 5.50. The second kappa shape index (κ2) is 9.36. The predicted molar refractivity (Wildman–Crippen MR) is 107 cm³/mol. The van der Waals surface area contributed by atoms with Gasteiger partial charge in [-0.2, -0.15) is 0 Å². The van der Waals surface area contributed by atoms with E-state index in [0.29, 0.717) is 17.0 Å². The first-order valence-electron chi connectivity index (χ1n) is 8.95. The van der Waals surface area contributed by atoms with Crippen molar-refractivity contribution in [1.29, 1.82) is 0 Å². The minimum Gasteiger partial charge on any atom is -0.484 e. The monoisotopic (exact) mass is 392 g/mol. The number of nitrogens with one attached hydrogen (secondary N) is 2. The van der Waals surface area contributed by atoms with E-state index in [4.69, 9.17) is 9.15 Å². The molecule has 1 heterocycles. The normalized spacial score (nSPS) is 10.2. The van der Waals surface area contributed by atoms with Crippen molar-refractivity contribution in [3.63, 3.8) is 0 Å². The standard InChI is InChI=1S/C22H20N2O5/c1-15(25)17-7-9-19(10-8-17)29-14-21(26)23-13-16-4-2-5-18(12-16)24-22(27)20-6-3-11-28-20/h2-12H,13-14H2,1H3,(H,23,26)(H,24,27). The van der Waals surface area contributed by atoms with Crippen LogP contribution in [0.1, 0.15) is 33.4 Å². The lowest BCUT2D eigenvalue weighted by atomic mass is 10.1. The van der Waals surface area contributed by atoms with Crippen LogP contribution in [-0.4, -0.2) is 24.2 Å². The third-order valence-electron chi connectivity index (χ3n) is 4.05. The van der Waals surface area contributed by atoms with E-state index in [1.54, 1.807) is 54.6 Å². The minimum absolute atomic E-state index is 0.0307. The van der Waals surface area contributed by atoms with Gasteiger partial charge in [0.2, 0.25) is 0 Å². The van der Waals surface area contributed by atoms with Gasteiger partial charge in [-0.15, -0.1) is 0 Å².